The molecule has 2 aromatic heterocycles. The van der Waals surface area contributed by atoms with Crippen molar-refractivity contribution in [3.63, 3.8) is 0 Å². The topological polar surface area (TPSA) is 63.8 Å². The van der Waals surface area contributed by atoms with E-state index in [2.05, 4.69) is 27.4 Å². The van der Waals surface area contributed by atoms with Gasteiger partial charge in [-0.3, -0.25) is 4.98 Å². The number of rotatable bonds is 6. The van der Waals surface area contributed by atoms with E-state index in [9.17, 15) is 13.2 Å². The Labute approximate surface area is 212 Å². The van der Waals surface area contributed by atoms with E-state index in [1.165, 1.54) is 12.1 Å². The fourth-order valence-corrected chi connectivity index (χ4v) is 5.36. The first-order valence-corrected chi connectivity index (χ1v) is 12.5. The number of hydrogen-bond donors (Lipinski definition) is 1. The average molecular weight is 515 g/mol. The quantitative estimate of drug-likeness (QED) is 0.281. The highest BCUT2D eigenvalue weighted by Gasteiger charge is 2.32. The molecule has 0 radical (unpaired) electrons. The first kappa shape index (κ1) is 24.6. The number of anilines is 1. The molecule has 0 bridgehead atoms. The lowest BCUT2D eigenvalue weighted by atomic mass is 9.75. The highest BCUT2D eigenvalue weighted by molar-refractivity contribution is 6.30. The van der Waals surface area contributed by atoms with Gasteiger partial charge in [0.25, 0.3) is 0 Å². The van der Waals surface area contributed by atoms with Gasteiger partial charge >= 0.3 is 12.2 Å². The monoisotopic (exact) mass is 514 g/mol. The molecule has 188 valence electrons. The Bertz CT molecular complexity index is 1330. The van der Waals surface area contributed by atoms with Crippen LogP contribution in [-0.4, -0.2) is 21.2 Å². The van der Waals surface area contributed by atoms with Gasteiger partial charge < -0.3 is 9.73 Å². The van der Waals surface area contributed by atoms with Crippen molar-refractivity contribution in [3.8, 4) is 11.5 Å². The summed E-state index contributed by atoms with van der Waals surface area (Å²) >= 11 is 5.95. The van der Waals surface area contributed by atoms with Crippen LogP contribution in [0.5, 0.6) is 0 Å². The molecule has 0 amide bonds. The van der Waals surface area contributed by atoms with Crippen molar-refractivity contribution >= 4 is 28.5 Å². The summed E-state index contributed by atoms with van der Waals surface area (Å²) in [6.07, 6.45) is 1.92. The number of hydrogen-bond acceptors (Lipinski definition) is 5. The van der Waals surface area contributed by atoms with Crippen LogP contribution >= 0.6 is 11.6 Å². The number of fused-ring (bicyclic) bond motifs is 1. The molecule has 1 aliphatic rings. The number of aromatic nitrogens is 3. The first-order valence-electron chi connectivity index (χ1n) is 12.1. The van der Waals surface area contributed by atoms with Crippen molar-refractivity contribution in [2.45, 2.75) is 57.2 Å². The van der Waals surface area contributed by atoms with Gasteiger partial charge in [-0.1, -0.05) is 23.6 Å². The first-order chi connectivity index (χ1) is 17.3. The zero-order valence-corrected chi connectivity index (χ0v) is 20.5. The second kappa shape index (κ2) is 10.1. The lowest BCUT2D eigenvalue weighted by Crippen LogP contribution is -2.31. The molecule has 9 heteroatoms. The third-order valence-electron chi connectivity index (χ3n) is 7.15. The maximum Gasteiger partial charge on any atom is 0.416 e. The van der Waals surface area contributed by atoms with E-state index >= 15 is 0 Å². The summed E-state index contributed by atoms with van der Waals surface area (Å²) in [6, 6.07) is 13.4. The van der Waals surface area contributed by atoms with E-state index in [4.69, 9.17) is 16.0 Å². The highest BCUT2D eigenvalue weighted by atomic mass is 35.5. The second-order valence-corrected chi connectivity index (χ2v) is 9.76. The minimum atomic E-state index is -4.37. The number of pyridine rings is 1. The molecule has 0 aliphatic heterocycles. The predicted molar refractivity (Wildman–Crippen MR) is 134 cm³/mol. The molecule has 1 N–H and O–H groups in total. The molecule has 0 spiro atoms. The third-order valence-corrected chi connectivity index (χ3v) is 7.40. The van der Waals surface area contributed by atoms with Crippen LogP contribution in [0.4, 0.5) is 19.2 Å². The van der Waals surface area contributed by atoms with Crippen molar-refractivity contribution in [3.05, 3.63) is 70.9 Å². The van der Waals surface area contributed by atoms with E-state index in [1.54, 1.807) is 18.3 Å². The third kappa shape index (κ3) is 5.19. The lowest BCUT2D eigenvalue weighted by molar-refractivity contribution is -0.137. The minimum absolute atomic E-state index is 0.162. The summed E-state index contributed by atoms with van der Waals surface area (Å²) < 4.78 is 45.8. The van der Waals surface area contributed by atoms with Crippen LogP contribution < -0.4 is 5.32 Å². The van der Waals surface area contributed by atoms with Crippen LogP contribution in [0, 0.1) is 5.92 Å². The number of alkyl halides is 3. The molecular weight excluding hydrogens is 489 g/mol. The molecule has 0 saturated heterocycles. The van der Waals surface area contributed by atoms with Crippen molar-refractivity contribution < 1.29 is 17.6 Å². The van der Waals surface area contributed by atoms with Gasteiger partial charge in [0, 0.05) is 28.2 Å². The molecule has 5 nitrogen and oxygen atoms in total. The van der Waals surface area contributed by atoms with Crippen LogP contribution in [0.15, 0.2) is 59.1 Å². The van der Waals surface area contributed by atoms with Crippen LogP contribution in [0.3, 0.4) is 0 Å². The maximum absolute atomic E-state index is 13.3. The molecule has 2 aromatic carbocycles. The zero-order chi connectivity index (χ0) is 25.3. The highest BCUT2D eigenvalue weighted by Crippen LogP contribution is 2.41. The SMILES string of the molecule is CCC(Nc1nnc(-c2ccc(Cl)cc2)o1)[C@H]1CC[C@@H](c2ccnc3ccc(C(F)(F)F)cc32)CC1. The molecule has 2 heterocycles. The number of nitrogens with zero attached hydrogens (tertiary/aromatic N) is 3. The fraction of sp³-hybridized carbons (Fsp3) is 0.370. The van der Waals surface area contributed by atoms with Crippen LogP contribution in [0.25, 0.3) is 22.4 Å². The van der Waals surface area contributed by atoms with Gasteiger partial charge in [0.15, 0.2) is 0 Å². The van der Waals surface area contributed by atoms with E-state index in [0.29, 0.717) is 33.7 Å². The van der Waals surface area contributed by atoms with Crippen LogP contribution in [-0.2, 0) is 6.18 Å². The van der Waals surface area contributed by atoms with Gasteiger partial charge in [0.2, 0.25) is 5.89 Å². The Hall–Kier alpha value is -3.13. The van der Waals surface area contributed by atoms with Gasteiger partial charge in [-0.05, 0) is 98.0 Å². The molecule has 1 aliphatic carbocycles. The Morgan fingerprint density at radius 2 is 1.78 bits per heavy atom. The fourth-order valence-electron chi connectivity index (χ4n) is 5.23. The normalized spacial score (nSPS) is 19.4. The largest absolute Gasteiger partial charge is 0.416 e. The Morgan fingerprint density at radius 1 is 1.03 bits per heavy atom. The Morgan fingerprint density at radius 3 is 2.47 bits per heavy atom. The van der Waals surface area contributed by atoms with Crippen molar-refractivity contribution in [2.75, 3.05) is 5.32 Å². The Balaban J connectivity index is 1.27. The van der Waals surface area contributed by atoms with E-state index in [-0.39, 0.29) is 12.0 Å². The van der Waals surface area contributed by atoms with Gasteiger partial charge in [-0.2, -0.15) is 13.2 Å². The zero-order valence-electron chi connectivity index (χ0n) is 19.7. The summed E-state index contributed by atoms with van der Waals surface area (Å²) in [7, 11) is 0. The van der Waals surface area contributed by atoms with Gasteiger partial charge in [0.05, 0.1) is 11.1 Å². The number of halogens is 4. The number of benzene rings is 2. The summed E-state index contributed by atoms with van der Waals surface area (Å²) in [5.74, 6) is 1.03. The van der Waals surface area contributed by atoms with E-state index in [1.807, 2.05) is 18.2 Å². The molecule has 5 rings (SSSR count). The summed E-state index contributed by atoms with van der Waals surface area (Å²) in [5, 5.41) is 13.0. The van der Waals surface area contributed by atoms with E-state index < -0.39 is 11.7 Å². The van der Waals surface area contributed by atoms with Crippen molar-refractivity contribution in [1.82, 2.24) is 15.2 Å². The molecule has 36 heavy (non-hydrogen) atoms. The summed E-state index contributed by atoms with van der Waals surface area (Å²) in [4.78, 5) is 4.28. The standard InChI is InChI=1S/C27H26ClF3N4O/c1-2-23(33-26-35-34-25(36-26)18-7-10-20(28)11-8-18)17-5-3-16(4-6-17)21-13-14-32-24-12-9-19(15-22(21)24)27(29,30)31/h7-17,23H,2-6H2,1H3,(H,33,35)/t16-,17+,23?. The lowest BCUT2D eigenvalue weighted by Gasteiger charge is -2.34. The van der Waals surface area contributed by atoms with E-state index in [0.717, 1.165) is 49.3 Å². The minimum Gasteiger partial charge on any atom is -0.403 e. The van der Waals surface area contributed by atoms with Gasteiger partial charge in [0.1, 0.15) is 0 Å². The summed E-state index contributed by atoms with van der Waals surface area (Å²) in [5.41, 5.74) is 1.72. The average Bonchev–Trinajstić information content (AvgIpc) is 3.35. The van der Waals surface area contributed by atoms with Crippen LogP contribution in [0.2, 0.25) is 5.02 Å². The predicted octanol–water partition coefficient (Wildman–Crippen LogP) is 8.12. The van der Waals surface area contributed by atoms with Crippen LogP contribution in [0.1, 0.15) is 56.1 Å². The number of nitrogens with one attached hydrogen (secondary N) is 1. The maximum atomic E-state index is 13.3. The Kier molecular flexibility index (Phi) is 6.88. The van der Waals surface area contributed by atoms with Gasteiger partial charge in [-0.15, -0.1) is 5.10 Å². The second-order valence-electron chi connectivity index (χ2n) is 9.32. The molecular formula is C27H26ClF3N4O. The molecule has 1 atom stereocenters. The molecule has 1 fully saturated rings. The molecule has 1 saturated carbocycles. The van der Waals surface area contributed by atoms with Gasteiger partial charge in [-0.25, -0.2) is 0 Å². The smallest absolute Gasteiger partial charge is 0.403 e. The molecule has 4 aromatic rings. The van der Waals surface area contributed by atoms with Crippen molar-refractivity contribution in [1.29, 1.82) is 0 Å². The summed E-state index contributed by atoms with van der Waals surface area (Å²) in [6.45, 7) is 2.12. The van der Waals surface area contributed by atoms with Crippen molar-refractivity contribution in [2.24, 2.45) is 5.92 Å². The molecule has 1 unspecified atom stereocenters.